The molecule has 33 heavy (non-hydrogen) atoms. The summed E-state index contributed by atoms with van der Waals surface area (Å²) in [5, 5.41) is 0. The highest BCUT2D eigenvalue weighted by Gasteiger charge is 2.24. The summed E-state index contributed by atoms with van der Waals surface area (Å²) < 4.78 is 27.5. The number of Topliss-reactive ketones (excluding diaryl/α,β-unsaturated/α-hetero) is 1. The Morgan fingerprint density at radius 2 is 1.88 bits per heavy atom. The minimum Gasteiger partial charge on any atom is -0.312 e. The van der Waals surface area contributed by atoms with E-state index in [0.29, 0.717) is 28.9 Å². The third-order valence-corrected chi connectivity index (χ3v) is 6.64. The molecule has 1 aromatic carbocycles. The maximum absolute atomic E-state index is 13.4. The zero-order chi connectivity index (χ0) is 23.6. The molecular formula is C24H27N5O3S. The Labute approximate surface area is 194 Å². The van der Waals surface area contributed by atoms with Gasteiger partial charge in [-0.05, 0) is 56.6 Å². The number of carbonyl (C=O) groups is 1. The monoisotopic (exact) mass is 465 g/mol. The number of fused-ring (bicyclic) bond motifs is 1. The molecule has 0 atom stereocenters. The first-order chi connectivity index (χ1) is 15.8. The van der Waals surface area contributed by atoms with Crippen LogP contribution < -0.4 is 4.72 Å². The zero-order valence-electron chi connectivity index (χ0n) is 18.8. The minimum absolute atomic E-state index is 0.0328. The number of piperidine rings is 1. The van der Waals surface area contributed by atoms with Gasteiger partial charge in [-0.15, -0.1) is 0 Å². The van der Waals surface area contributed by atoms with E-state index in [4.69, 9.17) is 6.57 Å². The highest BCUT2D eigenvalue weighted by molar-refractivity contribution is 7.88. The van der Waals surface area contributed by atoms with Gasteiger partial charge in [0.2, 0.25) is 10.0 Å². The molecule has 0 amide bonds. The highest BCUT2D eigenvalue weighted by atomic mass is 32.2. The molecule has 3 aromatic rings. The lowest BCUT2D eigenvalue weighted by molar-refractivity contribution is 0.0916. The standard InChI is InChI=1S/C24H27N5O3S/c1-17-23(22(30)16-28-11-5-4-6-12-28)24-21(13-18(14-26-24)15-27-33(3,31)32)29(17)20-9-7-19(25-2)8-10-20/h7-10,13-14,27H,4-6,11-12,15-16H2,1,3H3. The third-order valence-electron chi connectivity index (χ3n) is 5.97. The quantitative estimate of drug-likeness (QED) is 0.425. The van der Waals surface area contributed by atoms with E-state index in [1.54, 1.807) is 18.3 Å². The van der Waals surface area contributed by atoms with Crippen LogP contribution in [-0.2, 0) is 16.6 Å². The van der Waals surface area contributed by atoms with Crippen LogP contribution >= 0.6 is 0 Å². The van der Waals surface area contributed by atoms with Gasteiger partial charge in [-0.25, -0.2) is 18.0 Å². The maximum Gasteiger partial charge on any atom is 0.209 e. The Balaban J connectivity index is 1.80. The number of pyridine rings is 1. The Morgan fingerprint density at radius 3 is 2.52 bits per heavy atom. The van der Waals surface area contributed by atoms with Gasteiger partial charge in [-0.3, -0.25) is 14.7 Å². The third kappa shape index (κ3) is 5.14. The van der Waals surface area contributed by atoms with Crippen molar-refractivity contribution < 1.29 is 13.2 Å². The van der Waals surface area contributed by atoms with E-state index in [-0.39, 0.29) is 12.3 Å². The molecule has 2 aromatic heterocycles. The van der Waals surface area contributed by atoms with Crippen molar-refractivity contribution in [2.75, 3.05) is 25.9 Å². The van der Waals surface area contributed by atoms with Crippen LogP contribution in [0.5, 0.6) is 0 Å². The molecule has 1 N–H and O–H groups in total. The number of nitrogens with zero attached hydrogens (tertiary/aromatic N) is 4. The fraction of sp³-hybridized carbons (Fsp3) is 0.375. The maximum atomic E-state index is 13.4. The highest BCUT2D eigenvalue weighted by Crippen LogP contribution is 2.30. The summed E-state index contributed by atoms with van der Waals surface area (Å²) in [6, 6.07) is 9.05. The molecule has 0 saturated carbocycles. The molecule has 1 aliphatic heterocycles. The topological polar surface area (TPSA) is 88.7 Å². The predicted octanol–water partition coefficient (Wildman–Crippen LogP) is 3.60. The Morgan fingerprint density at radius 1 is 1.18 bits per heavy atom. The van der Waals surface area contributed by atoms with Crippen molar-refractivity contribution in [1.82, 2.24) is 19.2 Å². The molecule has 1 aliphatic rings. The van der Waals surface area contributed by atoms with Crippen LogP contribution in [-0.4, -0.2) is 54.5 Å². The molecule has 0 spiro atoms. The molecule has 1 fully saturated rings. The molecule has 0 bridgehead atoms. The summed E-state index contributed by atoms with van der Waals surface area (Å²) >= 11 is 0. The second-order valence-corrected chi connectivity index (χ2v) is 10.3. The van der Waals surface area contributed by atoms with E-state index in [1.807, 2.05) is 29.7 Å². The number of benzene rings is 1. The van der Waals surface area contributed by atoms with E-state index in [1.165, 1.54) is 6.42 Å². The van der Waals surface area contributed by atoms with Gasteiger partial charge in [-0.1, -0.05) is 18.6 Å². The van der Waals surface area contributed by atoms with E-state index < -0.39 is 10.0 Å². The van der Waals surface area contributed by atoms with Crippen LogP contribution in [0.15, 0.2) is 36.5 Å². The van der Waals surface area contributed by atoms with Crippen LogP contribution in [0.2, 0.25) is 0 Å². The first-order valence-electron chi connectivity index (χ1n) is 10.9. The number of nitrogens with one attached hydrogen (secondary N) is 1. The molecule has 172 valence electrons. The Kier molecular flexibility index (Phi) is 6.61. The molecule has 0 radical (unpaired) electrons. The molecule has 9 heteroatoms. The van der Waals surface area contributed by atoms with Gasteiger partial charge in [0, 0.05) is 24.1 Å². The van der Waals surface area contributed by atoms with Crippen molar-refractivity contribution in [2.24, 2.45) is 0 Å². The molecule has 3 heterocycles. The SMILES string of the molecule is [C-]#[N+]c1ccc(-n2c(C)c(C(=O)CN3CCCCC3)c3ncc(CNS(C)(=O)=O)cc32)cc1. The Bertz CT molecular complexity index is 1330. The summed E-state index contributed by atoms with van der Waals surface area (Å²) in [5.74, 6) is 0.0328. The summed E-state index contributed by atoms with van der Waals surface area (Å²) in [4.78, 5) is 23.7. The number of likely N-dealkylation sites (tertiary alicyclic amines) is 1. The van der Waals surface area contributed by atoms with Crippen molar-refractivity contribution in [3.05, 3.63) is 64.8 Å². The number of rotatable bonds is 7. The lowest BCUT2D eigenvalue weighted by Gasteiger charge is -2.25. The van der Waals surface area contributed by atoms with Gasteiger partial charge in [0.25, 0.3) is 0 Å². The largest absolute Gasteiger partial charge is 0.312 e. The normalized spacial score (nSPS) is 14.9. The molecule has 8 nitrogen and oxygen atoms in total. The van der Waals surface area contributed by atoms with Gasteiger partial charge < -0.3 is 4.57 Å². The lowest BCUT2D eigenvalue weighted by atomic mass is 10.1. The van der Waals surface area contributed by atoms with Crippen molar-refractivity contribution in [3.63, 3.8) is 0 Å². The van der Waals surface area contributed by atoms with E-state index in [9.17, 15) is 13.2 Å². The fourth-order valence-corrected chi connectivity index (χ4v) is 4.80. The van der Waals surface area contributed by atoms with Crippen LogP contribution in [0.3, 0.4) is 0 Å². The van der Waals surface area contributed by atoms with E-state index in [2.05, 4.69) is 19.5 Å². The van der Waals surface area contributed by atoms with Gasteiger partial charge >= 0.3 is 0 Å². The summed E-state index contributed by atoms with van der Waals surface area (Å²) in [5.41, 5.74) is 4.75. The molecule has 0 aliphatic carbocycles. The first-order valence-corrected chi connectivity index (χ1v) is 12.8. The number of hydrogen-bond donors (Lipinski definition) is 1. The first kappa shape index (κ1) is 23.1. The second-order valence-electron chi connectivity index (χ2n) is 8.49. The summed E-state index contributed by atoms with van der Waals surface area (Å²) in [6.07, 6.45) is 6.15. The van der Waals surface area contributed by atoms with Crippen LogP contribution in [0.25, 0.3) is 21.6 Å². The van der Waals surface area contributed by atoms with Gasteiger partial charge in [-0.2, -0.15) is 0 Å². The molecule has 1 saturated heterocycles. The van der Waals surface area contributed by atoms with Gasteiger partial charge in [0.05, 0.1) is 36.0 Å². The smallest absolute Gasteiger partial charge is 0.209 e. The van der Waals surface area contributed by atoms with Crippen LogP contribution in [0.4, 0.5) is 5.69 Å². The average Bonchev–Trinajstić information content (AvgIpc) is 3.09. The van der Waals surface area contributed by atoms with Crippen molar-refractivity contribution >= 4 is 32.5 Å². The number of hydrogen-bond acceptors (Lipinski definition) is 5. The van der Waals surface area contributed by atoms with Gasteiger partial charge in [0.1, 0.15) is 0 Å². The predicted molar refractivity (Wildman–Crippen MR) is 128 cm³/mol. The zero-order valence-corrected chi connectivity index (χ0v) is 19.7. The van der Waals surface area contributed by atoms with E-state index >= 15 is 0 Å². The van der Waals surface area contributed by atoms with Gasteiger partial charge in [0.15, 0.2) is 11.5 Å². The molecule has 4 rings (SSSR count). The molecular weight excluding hydrogens is 438 g/mol. The number of ketones is 1. The lowest BCUT2D eigenvalue weighted by Crippen LogP contribution is -2.34. The van der Waals surface area contributed by atoms with Crippen molar-refractivity contribution in [2.45, 2.75) is 32.7 Å². The average molecular weight is 466 g/mol. The summed E-state index contributed by atoms with van der Waals surface area (Å²) in [7, 11) is -3.35. The number of carbonyl (C=O) groups excluding carboxylic acids is 1. The Hall–Kier alpha value is -3.06. The van der Waals surface area contributed by atoms with Crippen molar-refractivity contribution in [1.29, 1.82) is 0 Å². The van der Waals surface area contributed by atoms with Crippen LogP contribution in [0.1, 0.15) is 40.9 Å². The number of aromatic nitrogens is 2. The second kappa shape index (κ2) is 9.43. The fourth-order valence-electron chi connectivity index (χ4n) is 4.38. The van der Waals surface area contributed by atoms with Crippen LogP contribution in [0, 0.1) is 13.5 Å². The minimum atomic E-state index is -3.35. The van der Waals surface area contributed by atoms with Crippen molar-refractivity contribution in [3.8, 4) is 5.69 Å². The number of sulfonamides is 1. The summed E-state index contributed by atoms with van der Waals surface area (Å²) in [6.45, 7) is 11.4. The van der Waals surface area contributed by atoms with E-state index in [0.717, 1.165) is 49.1 Å². The molecule has 0 unspecified atom stereocenters.